The third-order valence-corrected chi connectivity index (χ3v) is 3.53. The molecule has 3 heteroatoms. The fraction of sp³-hybridized carbons (Fsp3) is 0.316. The number of esters is 1. The van der Waals surface area contributed by atoms with E-state index >= 15 is 0 Å². The first-order chi connectivity index (χ1) is 10.7. The second-order valence-electron chi connectivity index (χ2n) is 5.33. The molecule has 0 aliphatic heterocycles. The monoisotopic (exact) mass is 300 g/mol. The van der Waals surface area contributed by atoms with E-state index in [1.54, 1.807) is 30.3 Å². The van der Waals surface area contributed by atoms with E-state index in [4.69, 9.17) is 4.74 Å². The van der Waals surface area contributed by atoms with Gasteiger partial charge in [0, 0.05) is 0 Å². The number of aryl methyl sites for hydroxylation is 1. The van der Waals surface area contributed by atoms with Crippen molar-refractivity contribution in [2.45, 2.75) is 39.0 Å². The average Bonchev–Trinajstić information content (AvgIpc) is 2.52. The molecule has 2 aromatic carbocycles. The van der Waals surface area contributed by atoms with Gasteiger partial charge in [0.2, 0.25) is 0 Å². The summed E-state index contributed by atoms with van der Waals surface area (Å²) in [6.07, 6.45) is 5.41. The van der Waals surface area contributed by atoms with Crippen LogP contribution in [-0.2, 0) is 6.42 Å². The Labute approximate surface area is 130 Å². The van der Waals surface area contributed by atoms with Gasteiger partial charge in [-0.15, -0.1) is 0 Å². The number of unbranched alkanes of at least 4 members (excludes halogenated alkanes) is 3. The zero-order valence-corrected chi connectivity index (χ0v) is 12.8. The van der Waals surface area contributed by atoms with Crippen LogP contribution in [0.25, 0.3) is 0 Å². The van der Waals surface area contributed by atoms with Gasteiger partial charge in [0.05, 0.1) is 5.56 Å². The van der Waals surface area contributed by atoms with E-state index in [0.29, 0.717) is 5.75 Å². The lowest BCUT2D eigenvalue weighted by Gasteiger charge is -2.07. The first-order valence-corrected chi connectivity index (χ1v) is 7.76. The summed E-state index contributed by atoms with van der Waals surface area (Å²) in [7, 11) is 0. The quantitative estimate of drug-likeness (QED) is 0.401. The molecule has 2 rings (SSSR count). The van der Waals surface area contributed by atoms with Crippen LogP contribution < -0.4 is 4.74 Å². The summed E-state index contributed by atoms with van der Waals surface area (Å²) in [4.78, 5) is 12.0. The second kappa shape index (κ2) is 8.32. The first-order valence-electron chi connectivity index (χ1n) is 7.76. The van der Waals surface area contributed by atoms with E-state index in [2.05, 4.69) is 6.92 Å². The molecule has 0 N–H and O–H groups in total. The van der Waals surface area contributed by atoms with Gasteiger partial charge in [-0.05, 0) is 42.7 Å². The largest absolute Gasteiger partial charge is 0.423 e. The van der Waals surface area contributed by atoms with Crippen LogP contribution in [-0.4, -0.2) is 5.97 Å². The summed E-state index contributed by atoms with van der Waals surface area (Å²) in [5.74, 6) is -0.773. The van der Waals surface area contributed by atoms with Crippen molar-refractivity contribution >= 4 is 5.97 Å². The molecule has 0 atom stereocenters. The number of para-hydroxylation sites is 1. The summed E-state index contributed by atoms with van der Waals surface area (Å²) in [5.41, 5.74) is 0.894. The molecule has 22 heavy (non-hydrogen) atoms. The highest BCUT2D eigenvalue weighted by atomic mass is 19.1. The number of benzene rings is 2. The molecule has 0 aliphatic carbocycles. The summed E-state index contributed by atoms with van der Waals surface area (Å²) in [6.45, 7) is 2.16. The van der Waals surface area contributed by atoms with Crippen molar-refractivity contribution in [3.63, 3.8) is 0 Å². The fourth-order valence-corrected chi connectivity index (χ4v) is 2.29. The topological polar surface area (TPSA) is 26.3 Å². The van der Waals surface area contributed by atoms with Crippen molar-refractivity contribution in [1.82, 2.24) is 0 Å². The Morgan fingerprint density at radius 3 is 2.50 bits per heavy atom. The fourth-order valence-electron chi connectivity index (χ4n) is 2.29. The molecule has 0 saturated heterocycles. The minimum absolute atomic E-state index is 0.0267. The molecule has 116 valence electrons. The van der Waals surface area contributed by atoms with E-state index in [0.717, 1.165) is 24.8 Å². The molecule has 2 nitrogen and oxygen atoms in total. The highest BCUT2D eigenvalue weighted by Gasteiger charge is 2.14. The lowest BCUT2D eigenvalue weighted by molar-refractivity contribution is 0.0730. The zero-order valence-electron chi connectivity index (χ0n) is 12.8. The van der Waals surface area contributed by atoms with E-state index in [9.17, 15) is 9.18 Å². The van der Waals surface area contributed by atoms with Crippen molar-refractivity contribution in [3.8, 4) is 5.75 Å². The number of carbonyl (C=O) groups excluding carboxylic acids is 1. The SMILES string of the molecule is CCCCCCc1ccc(C(=O)Oc2ccccc2)c(F)c1. The third-order valence-electron chi connectivity index (χ3n) is 3.53. The number of hydrogen-bond acceptors (Lipinski definition) is 2. The molecule has 0 fully saturated rings. The summed E-state index contributed by atoms with van der Waals surface area (Å²) < 4.78 is 19.2. The van der Waals surface area contributed by atoms with Crippen LogP contribution in [0, 0.1) is 5.82 Å². The Morgan fingerprint density at radius 1 is 1.05 bits per heavy atom. The van der Waals surface area contributed by atoms with Gasteiger partial charge in [0.15, 0.2) is 0 Å². The van der Waals surface area contributed by atoms with Crippen molar-refractivity contribution in [1.29, 1.82) is 0 Å². The maximum absolute atomic E-state index is 14.1. The number of rotatable bonds is 7. The maximum Gasteiger partial charge on any atom is 0.346 e. The van der Waals surface area contributed by atoms with Crippen LogP contribution in [0.1, 0.15) is 48.5 Å². The first kappa shape index (κ1) is 16.2. The Bertz CT molecular complexity index is 608. The van der Waals surface area contributed by atoms with Crippen LogP contribution in [0.3, 0.4) is 0 Å². The van der Waals surface area contributed by atoms with E-state index in [1.807, 2.05) is 6.07 Å². The predicted molar refractivity (Wildman–Crippen MR) is 85.6 cm³/mol. The third kappa shape index (κ3) is 4.69. The Hall–Kier alpha value is -2.16. The summed E-state index contributed by atoms with van der Waals surface area (Å²) in [5, 5.41) is 0. The predicted octanol–water partition coefficient (Wildman–Crippen LogP) is 5.17. The highest BCUT2D eigenvalue weighted by molar-refractivity contribution is 5.91. The standard InChI is InChI=1S/C19H21FO2/c1-2-3-4-6-9-15-12-13-17(18(20)14-15)19(21)22-16-10-7-5-8-11-16/h5,7-8,10-14H,2-4,6,9H2,1H3. The molecule has 0 radical (unpaired) electrons. The van der Waals surface area contributed by atoms with Crippen molar-refractivity contribution < 1.29 is 13.9 Å². The molecule has 0 aliphatic rings. The Morgan fingerprint density at radius 2 is 1.82 bits per heavy atom. The van der Waals surface area contributed by atoms with Gasteiger partial charge in [-0.3, -0.25) is 0 Å². The van der Waals surface area contributed by atoms with Crippen LogP contribution in [0.4, 0.5) is 4.39 Å². The van der Waals surface area contributed by atoms with Gasteiger partial charge < -0.3 is 4.74 Å². The van der Waals surface area contributed by atoms with Crippen LogP contribution in [0.2, 0.25) is 0 Å². The van der Waals surface area contributed by atoms with E-state index in [-0.39, 0.29) is 5.56 Å². The number of ether oxygens (including phenoxy) is 1. The number of halogens is 1. The molecule has 0 amide bonds. The van der Waals surface area contributed by atoms with Gasteiger partial charge in [0.25, 0.3) is 0 Å². The lowest BCUT2D eigenvalue weighted by Crippen LogP contribution is -2.11. The smallest absolute Gasteiger partial charge is 0.346 e. The number of carbonyl (C=O) groups is 1. The minimum Gasteiger partial charge on any atom is -0.423 e. The molecule has 0 spiro atoms. The highest BCUT2D eigenvalue weighted by Crippen LogP contribution is 2.17. The normalized spacial score (nSPS) is 10.5. The van der Waals surface area contributed by atoms with E-state index in [1.165, 1.54) is 25.0 Å². The summed E-state index contributed by atoms with van der Waals surface area (Å²) in [6, 6.07) is 13.4. The Balaban J connectivity index is 1.98. The lowest BCUT2D eigenvalue weighted by atomic mass is 10.0. The van der Waals surface area contributed by atoms with Gasteiger partial charge in [-0.2, -0.15) is 0 Å². The van der Waals surface area contributed by atoms with Crippen molar-refractivity contribution in [3.05, 3.63) is 65.5 Å². The molecule has 0 aromatic heterocycles. The average molecular weight is 300 g/mol. The molecule has 0 unspecified atom stereocenters. The minimum atomic E-state index is -0.666. The van der Waals surface area contributed by atoms with Gasteiger partial charge in [-0.1, -0.05) is 50.5 Å². The van der Waals surface area contributed by atoms with Gasteiger partial charge in [-0.25, -0.2) is 9.18 Å². The molecule has 0 saturated carbocycles. The van der Waals surface area contributed by atoms with Crippen LogP contribution >= 0.6 is 0 Å². The molecule has 0 heterocycles. The molecule has 2 aromatic rings. The molecular formula is C19H21FO2. The number of hydrogen-bond donors (Lipinski definition) is 0. The van der Waals surface area contributed by atoms with E-state index < -0.39 is 11.8 Å². The van der Waals surface area contributed by atoms with Gasteiger partial charge >= 0.3 is 5.97 Å². The van der Waals surface area contributed by atoms with Crippen molar-refractivity contribution in [2.24, 2.45) is 0 Å². The van der Waals surface area contributed by atoms with Gasteiger partial charge in [0.1, 0.15) is 11.6 Å². The molecular weight excluding hydrogens is 279 g/mol. The van der Waals surface area contributed by atoms with Crippen molar-refractivity contribution in [2.75, 3.05) is 0 Å². The maximum atomic E-state index is 14.1. The second-order valence-corrected chi connectivity index (χ2v) is 5.33. The molecule has 0 bridgehead atoms. The Kier molecular flexibility index (Phi) is 6.13. The van der Waals surface area contributed by atoms with Crippen LogP contribution in [0.15, 0.2) is 48.5 Å². The zero-order chi connectivity index (χ0) is 15.8. The van der Waals surface area contributed by atoms with Crippen LogP contribution in [0.5, 0.6) is 5.75 Å². The summed E-state index contributed by atoms with van der Waals surface area (Å²) >= 11 is 0.